The van der Waals surface area contributed by atoms with Crippen molar-refractivity contribution in [1.82, 2.24) is 10.2 Å². The molecule has 0 aliphatic heterocycles. The first-order valence-corrected chi connectivity index (χ1v) is 12.7. The highest BCUT2D eigenvalue weighted by atomic mass is 35.5. The molecule has 2 aromatic rings. The van der Waals surface area contributed by atoms with Crippen molar-refractivity contribution in [2.75, 3.05) is 23.7 Å². The standard InChI is InChI=1S/C21H24Cl3N3O4S/c1-4-25-21(29)14(2)26(12-15-5-7-16(22)8-6-15)20(28)13-27(32(3,30)31)17-9-10-18(23)19(24)11-17/h5-11,14H,4,12-13H2,1-3H3,(H,25,29). The van der Waals surface area contributed by atoms with Gasteiger partial charge < -0.3 is 10.2 Å². The normalized spacial score (nSPS) is 12.2. The van der Waals surface area contributed by atoms with Crippen molar-refractivity contribution in [2.45, 2.75) is 26.4 Å². The summed E-state index contributed by atoms with van der Waals surface area (Å²) >= 11 is 17.9. The molecule has 0 spiro atoms. The number of amides is 2. The van der Waals surface area contributed by atoms with Crippen LogP contribution in [0.1, 0.15) is 19.4 Å². The number of carbonyl (C=O) groups excluding carboxylic acids is 2. The van der Waals surface area contributed by atoms with E-state index in [4.69, 9.17) is 34.8 Å². The summed E-state index contributed by atoms with van der Waals surface area (Å²) in [7, 11) is -3.84. The van der Waals surface area contributed by atoms with E-state index in [1.165, 1.54) is 23.1 Å². The summed E-state index contributed by atoms with van der Waals surface area (Å²) in [4.78, 5) is 27.1. The van der Waals surface area contributed by atoms with E-state index in [-0.39, 0.29) is 28.2 Å². The number of nitrogens with zero attached hydrogens (tertiary/aromatic N) is 2. The number of anilines is 1. The summed E-state index contributed by atoms with van der Waals surface area (Å²) in [5.41, 5.74) is 0.923. The third-order valence-electron chi connectivity index (χ3n) is 4.65. The van der Waals surface area contributed by atoms with E-state index < -0.39 is 28.5 Å². The van der Waals surface area contributed by atoms with Crippen molar-refractivity contribution in [2.24, 2.45) is 0 Å². The van der Waals surface area contributed by atoms with Crippen LogP contribution in [0, 0.1) is 0 Å². The van der Waals surface area contributed by atoms with Gasteiger partial charge in [-0.1, -0.05) is 46.9 Å². The van der Waals surface area contributed by atoms with Crippen molar-refractivity contribution in [3.8, 4) is 0 Å². The van der Waals surface area contributed by atoms with Crippen LogP contribution in [0.15, 0.2) is 42.5 Å². The van der Waals surface area contributed by atoms with E-state index >= 15 is 0 Å². The van der Waals surface area contributed by atoms with Crippen molar-refractivity contribution >= 4 is 62.3 Å². The van der Waals surface area contributed by atoms with Crippen LogP contribution in [-0.2, 0) is 26.2 Å². The Morgan fingerprint density at radius 3 is 2.19 bits per heavy atom. The quantitative estimate of drug-likeness (QED) is 0.542. The minimum atomic E-state index is -3.84. The second-order valence-corrected chi connectivity index (χ2v) is 10.2. The van der Waals surface area contributed by atoms with Crippen LogP contribution in [-0.4, -0.2) is 50.5 Å². The molecule has 7 nitrogen and oxygen atoms in total. The molecule has 11 heteroatoms. The van der Waals surface area contributed by atoms with Crippen molar-refractivity contribution < 1.29 is 18.0 Å². The molecule has 174 valence electrons. The molecule has 0 fully saturated rings. The second-order valence-electron chi connectivity index (χ2n) is 7.09. The van der Waals surface area contributed by atoms with Crippen LogP contribution >= 0.6 is 34.8 Å². The summed E-state index contributed by atoms with van der Waals surface area (Å²) in [5, 5.41) is 3.63. The first-order chi connectivity index (χ1) is 14.9. The van der Waals surface area contributed by atoms with E-state index in [1.807, 2.05) is 0 Å². The lowest BCUT2D eigenvalue weighted by atomic mass is 10.1. The highest BCUT2D eigenvalue weighted by Gasteiger charge is 2.30. The summed E-state index contributed by atoms with van der Waals surface area (Å²) < 4.78 is 25.9. The summed E-state index contributed by atoms with van der Waals surface area (Å²) in [6.45, 7) is 3.32. The SMILES string of the molecule is CCNC(=O)C(C)N(Cc1ccc(Cl)cc1)C(=O)CN(c1ccc(Cl)c(Cl)c1)S(C)(=O)=O. The summed E-state index contributed by atoms with van der Waals surface area (Å²) in [5.74, 6) is -0.912. The topological polar surface area (TPSA) is 86.8 Å². The van der Waals surface area contributed by atoms with E-state index in [0.717, 1.165) is 16.1 Å². The van der Waals surface area contributed by atoms with Crippen LogP contribution in [0.3, 0.4) is 0 Å². The zero-order chi connectivity index (χ0) is 24.1. The number of benzene rings is 2. The van der Waals surface area contributed by atoms with Gasteiger partial charge in [0.1, 0.15) is 12.6 Å². The molecule has 2 rings (SSSR count). The lowest BCUT2D eigenvalue weighted by Crippen LogP contribution is -2.51. The molecule has 0 heterocycles. The first kappa shape index (κ1) is 26.3. The Morgan fingerprint density at radius 1 is 1.03 bits per heavy atom. The van der Waals surface area contributed by atoms with Crippen molar-refractivity contribution in [3.05, 3.63) is 63.1 Å². The van der Waals surface area contributed by atoms with Crippen LogP contribution in [0.25, 0.3) is 0 Å². The maximum Gasteiger partial charge on any atom is 0.244 e. The Morgan fingerprint density at radius 2 is 1.66 bits per heavy atom. The third-order valence-corrected chi connectivity index (χ3v) is 6.79. The van der Waals surface area contributed by atoms with Gasteiger partial charge in [0.25, 0.3) is 0 Å². The Balaban J connectivity index is 2.39. The first-order valence-electron chi connectivity index (χ1n) is 9.68. The maximum atomic E-state index is 13.3. The lowest BCUT2D eigenvalue weighted by molar-refractivity contribution is -0.139. The van der Waals surface area contributed by atoms with Gasteiger partial charge in [0.15, 0.2) is 0 Å². The van der Waals surface area contributed by atoms with Gasteiger partial charge in [0, 0.05) is 18.1 Å². The van der Waals surface area contributed by atoms with Gasteiger partial charge in [-0.15, -0.1) is 0 Å². The number of rotatable bonds is 9. The number of likely N-dealkylation sites (N-methyl/N-ethyl adjacent to an activating group) is 1. The van der Waals surface area contributed by atoms with Crippen molar-refractivity contribution in [3.63, 3.8) is 0 Å². The molecule has 1 unspecified atom stereocenters. The predicted octanol–water partition coefficient (Wildman–Crippen LogP) is 3.97. The fourth-order valence-corrected chi connectivity index (χ4v) is 4.20. The molecule has 1 atom stereocenters. The Labute approximate surface area is 203 Å². The molecule has 0 aliphatic rings. The molecule has 0 saturated heterocycles. The van der Waals surface area contributed by atoms with Gasteiger partial charge in [-0.2, -0.15) is 0 Å². The van der Waals surface area contributed by atoms with Gasteiger partial charge in [-0.05, 0) is 49.7 Å². The highest BCUT2D eigenvalue weighted by Crippen LogP contribution is 2.28. The number of hydrogen-bond acceptors (Lipinski definition) is 4. The Kier molecular flexibility index (Phi) is 9.21. The van der Waals surface area contributed by atoms with Gasteiger partial charge in [0.2, 0.25) is 21.8 Å². The predicted molar refractivity (Wildman–Crippen MR) is 129 cm³/mol. The van der Waals surface area contributed by atoms with Crippen LogP contribution < -0.4 is 9.62 Å². The molecule has 0 saturated carbocycles. The summed E-state index contributed by atoms with van der Waals surface area (Å²) in [6.07, 6.45) is 0.986. The zero-order valence-electron chi connectivity index (χ0n) is 17.8. The van der Waals surface area contributed by atoms with E-state index in [1.54, 1.807) is 38.1 Å². The minimum Gasteiger partial charge on any atom is -0.355 e. The van der Waals surface area contributed by atoms with E-state index in [0.29, 0.717) is 11.6 Å². The number of nitrogens with one attached hydrogen (secondary N) is 1. The highest BCUT2D eigenvalue weighted by molar-refractivity contribution is 7.92. The number of hydrogen-bond donors (Lipinski definition) is 1. The number of sulfonamides is 1. The molecular formula is C21H24Cl3N3O4S. The number of carbonyl (C=O) groups is 2. The Bertz CT molecular complexity index is 1080. The monoisotopic (exact) mass is 519 g/mol. The van der Waals surface area contributed by atoms with E-state index in [9.17, 15) is 18.0 Å². The molecular weight excluding hydrogens is 497 g/mol. The molecule has 1 N–H and O–H groups in total. The van der Waals surface area contributed by atoms with Crippen molar-refractivity contribution in [1.29, 1.82) is 0 Å². The average Bonchev–Trinajstić information content (AvgIpc) is 2.72. The largest absolute Gasteiger partial charge is 0.355 e. The second kappa shape index (κ2) is 11.2. The van der Waals surface area contributed by atoms with Crippen LogP contribution in [0.2, 0.25) is 15.1 Å². The van der Waals surface area contributed by atoms with Gasteiger partial charge in [-0.3, -0.25) is 13.9 Å². The van der Waals surface area contributed by atoms with Crippen LogP contribution in [0.4, 0.5) is 5.69 Å². The lowest BCUT2D eigenvalue weighted by Gasteiger charge is -2.31. The maximum absolute atomic E-state index is 13.3. The molecule has 0 bridgehead atoms. The zero-order valence-corrected chi connectivity index (χ0v) is 20.9. The summed E-state index contributed by atoms with van der Waals surface area (Å²) in [6, 6.07) is 10.3. The van der Waals surface area contributed by atoms with Gasteiger partial charge in [-0.25, -0.2) is 8.42 Å². The molecule has 32 heavy (non-hydrogen) atoms. The van der Waals surface area contributed by atoms with Crippen LogP contribution in [0.5, 0.6) is 0 Å². The average molecular weight is 521 g/mol. The van der Waals surface area contributed by atoms with Gasteiger partial charge >= 0.3 is 0 Å². The fourth-order valence-electron chi connectivity index (χ4n) is 2.94. The minimum absolute atomic E-state index is 0.0906. The third kappa shape index (κ3) is 7.00. The fraction of sp³-hybridized carbons (Fsp3) is 0.333. The smallest absolute Gasteiger partial charge is 0.244 e. The molecule has 0 aliphatic carbocycles. The van der Waals surface area contributed by atoms with Gasteiger partial charge in [0.05, 0.1) is 22.0 Å². The molecule has 0 radical (unpaired) electrons. The number of halogens is 3. The van der Waals surface area contributed by atoms with E-state index in [2.05, 4.69) is 5.32 Å². The molecule has 2 aromatic carbocycles. The molecule has 2 amide bonds. The Hall–Kier alpha value is -2.00. The molecule has 0 aromatic heterocycles.